The Bertz CT molecular complexity index is 601. The van der Waals surface area contributed by atoms with Gasteiger partial charge in [-0.1, -0.05) is 41.6 Å². The molecule has 2 rings (SSSR count). The van der Waals surface area contributed by atoms with Gasteiger partial charge in [-0.3, -0.25) is 5.41 Å². The number of nitrogens with zero attached hydrogens (tertiary/aromatic N) is 1. The predicted molar refractivity (Wildman–Crippen MR) is 87.7 cm³/mol. The normalized spacial score (nSPS) is 17.9. The minimum atomic E-state index is -0.718. The summed E-state index contributed by atoms with van der Waals surface area (Å²) in [7, 11) is 0. The van der Waals surface area contributed by atoms with Gasteiger partial charge in [-0.05, 0) is 19.4 Å². The summed E-state index contributed by atoms with van der Waals surface area (Å²) in [5.74, 6) is 0.126. The molecule has 5 nitrogen and oxygen atoms in total. The number of amidine groups is 1. The molecule has 1 aliphatic heterocycles. The fraction of sp³-hybridized carbons (Fsp3) is 0.375. The highest BCUT2D eigenvalue weighted by molar-refractivity contribution is 8.14. The standard InChI is InChI=1S/C16H20N2O3S/c1-3-21-15(20)8-13-10-22-16(17)18(13)9-14(19)12-6-4-5-11(2)7-12/h4-8,14,17,19H,3,9-10H2,1-2H3/b13-8+,17-16?. The van der Waals surface area contributed by atoms with Crippen molar-refractivity contribution < 1.29 is 14.6 Å². The number of rotatable bonds is 5. The van der Waals surface area contributed by atoms with Crippen molar-refractivity contribution in [3.05, 3.63) is 47.2 Å². The van der Waals surface area contributed by atoms with Crippen molar-refractivity contribution >= 4 is 22.9 Å². The molecular weight excluding hydrogens is 300 g/mol. The zero-order chi connectivity index (χ0) is 16.1. The van der Waals surface area contributed by atoms with E-state index in [1.54, 1.807) is 11.8 Å². The highest BCUT2D eigenvalue weighted by Gasteiger charge is 2.27. The van der Waals surface area contributed by atoms with Gasteiger partial charge in [0, 0.05) is 17.5 Å². The third-order valence-electron chi connectivity index (χ3n) is 3.30. The van der Waals surface area contributed by atoms with Gasteiger partial charge in [-0.15, -0.1) is 0 Å². The molecule has 1 aromatic carbocycles. The average Bonchev–Trinajstić information content (AvgIpc) is 2.80. The zero-order valence-corrected chi connectivity index (χ0v) is 13.5. The number of carbonyl (C=O) groups excluding carboxylic acids is 1. The molecular formula is C16H20N2O3S. The van der Waals surface area contributed by atoms with Gasteiger partial charge in [0.25, 0.3) is 0 Å². The van der Waals surface area contributed by atoms with E-state index in [9.17, 15) is 9.90 Å². The van der Waals surface area contributed by atoms with Crippen molar-refractivity contribution in [2.75, 3.05) is 18.9 Å². The van der Waals surface area contributed by atoms with Crippen LogP contribution in [-0.2, 0) is 9.53 Å². The van der Waals surface area contributed by atoms with E-state index in [1.807, 2.05) is 31.2 Å². The van der Waals surface area contributed by atoms with E-state index < -0.39 is 12.1 Å². The SMILES string of the molecule is CCOC(=O)/C=C1\CSC(=N)N1CC(O)c1cccc(C)c1. The smallest absolute Gasteiger partial charge is 0.332 e. The molecule has 0 amide bonds. The molecule has 0 bridgehead atoms. The minimum Gasteiger partial charge on any atom is -0.463 e. The van der Waals surface area contributed by atoms with Crippen LogP contribution in [0, 0.1) is 12.3 Å². The molecule has 0 aromatic heterocycles. The number of hydrogen-bond acceptors (Lipinski definition) is 5. The maximum Gasteiger partial charge on any atom is 0.332 e. The highest BCUT2D eigenvalue weighted by Crippen LogP contribution is 2.28. The van der Waals surface area contributed by atoms with Crippen LogP contribution in [-0.4, -0.2) is 40.0 Å². The second-order valence-corrected chi connectivity index (χ2v) is 5.99. The molecule has 0 aliphatic carbocycles. The van der Waals surface area contributed by atoms with Crippen molar-refractivity contribution in [2.24, 2.45) is 0 Å². The Labute approximate surface area is 134 Å². The maximum absolute atomic E-state index is 11.6. The number of nitrogens with one attached hydrogen (secondary N) is 1. The van der Waals surface area contributed by atoms with Gasteiger partial charge in [0.15, 0.2) is 5.17 Å². The topological polar surface area (TPSA) is 73.6 Å². The first-order valence-corrected chi connectivity index (χ1v) is 8.10. The molecule has 118 valence electrons. The number of aliphatic hydroxyl groups is 1. The third-order valence-corrected chi connectivity index (χ3v) is 4.24. The van der Waals surface area contributed by atoms with Gasteiger partial charge in [0.1, 0.15) is 0 Å². The number of thioether (sulfide) groups is 1. The summed E-state index contributed by atoms with van der Waals surface area (Å²) in [6.07, 6.45) is 0.686. The quantitative estimate of drug-likeness (QED) is 0.644. The van der Waals surface area contributed by atoms with E-state index in [1.165, 1.54) is 17.8 Å². The number of aryl methyl sites for hydroxylation is 1. The number of carbonyl (C=O) groups is 1. The second kappa shape index (κ2) is 7.47. The average molecular weight is 320 g/mol. The number of hydrogen-bond donors (Lipinski definition) is 2. The van der Waals surface area contributed by atoms with Crippen LogP contribution in [0.4, 0.5) is 0 Å². The van der Waals surface area contributed by atoms with E-state index in [4.69, 9.17) is 10.1 Å². The van der Waals surface area contributed by atoms with Crippen LogP contribution in [0.3, 0.4) is 0 Å². The van der Waals surface area contributed by atoms with Gasteiger partial charge in [-0.25, -0.2) is 4.79 Å². The minimum absolute atomic E-state index is 0.251. The number of ether oxygens (including phenoxy) is 1. The lowest BCUT2D eigenvalue weighted by molar-refractivity contribution is -0.137. The van der Waals surface area contributed by atoms with E-state index in [-0.39, 0.29) is 6.54 Å². The Morgan fingerprint density at radius 3 is 3.05 bits per heavy atom. The molecule has 0 radical (unpaired) electrons. The van der Waals surface area contributed by atoms with Crippen LogP contribution >= 0.6 is 11.8 Å². The highest BCUT2D eigenvalue weighted by atomic mass is 32.2. The summed E-state index contributed by atoms with van der Waals surface area (Å²) in [4.78, 5) is 13.2. The lowest BCUT2D eigenvalue weighted by Crippen LogP contribution is -2.28. The molecule has 6 heteroatoms. The predicted octanol–water partition coefficient (Wildman–Crippen LogP) is 2.46. The van der Waals surface area contributed by atoms with E-state index in [0.29, 0.717) is 23.2 Å². The molecule has 1 saturated heterocycles. The van der Waals surface area contributed by atoms with Gasteiger partial charge < -0.3 is 14.7 Å². The lowest BCUT2D eigenvalue weighted by atomic mass is 10.1. The van der Waals surface area contributed by atoms with Crippen molar-refractivity contribution in [2.45, 2.75) is 20.0 Å². The monoisotopic (exact) mass is 320 g/mol. The fourth-order valence-electron chi connectivity index (χ4n) is 2.22. The molecule has 1 aromatic rings. The molecule has 22 heavy (non-hydrogen) atoms. The van der Waals surface area contributed by atoms with Crippen molar-refractivity contribution in [3.63, 3.8) is 0 Å². The Kier molecular flexibility index (Phi) is 5.63. The van der Waals surface area contributed by atoms with Crippen molar-refractivity contribution in [1.82, 2.24) is 4.90 Å². The summed E-state index contributed by atoms with van der Waals surface area (Å²) in [5.41, 5.74) is 2.57. The molecule has 1 atom stereocenters. The first-order valence-electron chi connectivity index (χ1n) is 7.12. The van der Waals surface area contributed by atoms with Crippen LogP contribution in [0.25, 0.3) is 0 Å². The van der Waals surface area contributed by atoms with Gasteiger partial charge in [0.05, 0.1) is 19.3 Å². The first-order chi connectivity index (χ1) is 10.5. The molecule has 0 spiro atoms. The zero-order valence-electron chi connectivity index (χ0n) is 12.7. The summed E-state index contributed by atoms with van der Waals surface area (Å²) in [5, 5.41) is 18.7. The van der Waals surface area contributed by atoms with Gasteiger partial charge >= 0.3 is 5.97 Å². The van der Waals surface area contributed by atoms with E-state index in [0.717, 1.165) is 11.1 Å². The Balaban J connectivity index is 2.11. The van der Waals surface area contributed by atoms with E-state index in [2.05, 4.69) is 0 Å². The summed E-state index contributed by atoms with van der Waals surface area (Å²) < 4.78 is 4.91. The molecule has 1 fully saturated rings. The number of benzene rings is 1. The first kappa shape index (κ1) is 16.6. The maximum atomic E-state index is 11.6. The Morgan fingerprint density at radius 1 is 1.59 bits per heavy atom. The number of β-amino-alcohol motifs (C(OH)–C–C–N with tert-alkyl or cyclic N) is 1. The summed E-state index contributed by atoms with van der Waals surface area (Å²) >= 11 is 1.34. The largest absolute Gasteiger partial charge is 0.463 e. The fourth-order valence-corrected chi connectivity index (χ4v) is 3.10. The molecule has 0 saturated carbocycles. The number of esters is 1. The Hall–Kier alpha value is -1.79. The van der Waals surface area contributed by atoms with Gasteiger partial charge in [0.2, 0.25) is 0 Å². The van der Waals surface area contributed by atoms with Crippen LogP contribution in [0.5, 0.6) is 0 Å². The molecule has 1 unspecified atom stereocenters. The molecule has 1 aliphatic rings. The Morgan fingerprint density at radius 2 is 2.36 bits per heavy atom. The third kappa shape index (κ3) is 4.11. The second-order valence-electron chi connectivity index (χ2n) is 5.02. The number of aliphatic hydroxyl groups excluding tert-OH is 1. The van der Waals surface area contributed by atoms with Crippen molar-refractivity contribution in [1.29, 1.82) is 5.41 Å². The van der Waals surface area contributed by atoms with Crippen LogP contribution in [0.1, 0.15) is 24.2 Å². The summed E-state index contributed by atoms with van der Waals surface area (Å²) in [6.45, 7) is 4.29. The van der Waals surface area contributed by atoms with E-state index >= 15 is 0 Å². The van der Waals surface area contributed by atoms with Crippen LogP contribution < -0.4 is 0 Å². The summed E-state index contributed by atoms with van der Waals surface area (Å²) in [6, 6.07) is 7.65. The van der Waals surface area contributed by atoms with Crippen molar-refractivity contribution in [3.8, 4) is 0 Å². The van der Waals surface area contributed by atoms with Crippen LogP contribution in [0.2, 0.25) is 0 Å². The van der Waals surface area contributed by atoms with Gasteiger partial charge in [-0.2, -0.15) is 0 Å². The van der Waals surface area contributed by atoms with Crippen LogP contribution in [0.15, 0.2) is 36.0 Å². The lowest BCUT2D eigenvalue weighted by Gasteiger charge is -2.22. The molecule has 2 N–H and O–H groups in total. The molecule has 1 heterocycles.